The fraction of sp³-hybridized carbons (Fsp3) is 0.250. The molecule has 1 amide bonds. The number of Topliss-reactive ketones (excluding diaryl/α,β-unsaturated/α-hetero) is 1. The summed E-state index contributed by atoms with van der Waals surface area (Å²) < 4.78 is 30.2. The molecule has 8 nitrogen and oxygen atoms in total. The lowest BCUT2D eigenvalue weighted by molar-refractivity contribution is -0.114. The van der Waals surface area contributed by atoms with Crippen molar-refractivity contribution < 1.29 is 27.5 Å². The van der Waals surface area contributed by atoms with Gasteiger partial charge in [0.2, 0.25) is 15.9 Å². The van der Waals surface area contributed by atoms with E-state index in [1.165, 1.54) is 43.3 Å². The Balaban J connectivity index is 2.16. The van der Waals surface area contributed by atoms with Crippen molar-refractivity contribution in [2.24, 2.45) is 0 Å². The van der Waals surface area contributed by atoms with Crippen LogP contribution in [0, 0.1) is 0 Å². The van der Waals surface area contributed by atoms with Gasteiger partial charge in [0.15, 0.2) is 5.78 Å². The van der Waals surface area contributed by atoms with Crippen molar-refractivity contribution in [1.29, 1.82) is 0 Å². The molecule has 0 atom stereocenters. The van der Waals surface area contributed by atoms with Gasteiger partial charge in [0.05, 0.1) is 24.1 Å². The molecule has 0 saturated carbocycles. The largest absolute Gasteiger partial charge is 0.462 e. The minimum absolute atomic E-state index is 0.216. The lowest BCUT2D eigenvalue weighted by Crippen LogP contribution is -2.37. The number of hydrogen-bond acceptors (Lipinski definition) is 6. The first-order chi connectivity index (χ1) is 13.6. The third-order valence-electron chi connectivity index (χ3n) is 3.91. The highest BCUT2D eigenvalue weighted by Gasteiger charge is 2.21. The van der Waals surface area contributed by atoms with E-state index < -0.39 is 28.4 Å². The van der Waals surface area contributed by atoms with Gasteiger partial charge < -0.3 is 10.1 Å². The van der Waals surface area contributed by atoms with Gasteiger partial charge in [-0.25, -0.2) is 13.2 Å². The van der Waals surface area contributed by atoms with E-state index in [1.807, 2.05) is 0 Å². The highest BCUT2D eigenvalue weighted by atomic mass is 32.2. The Hall–Kier alpha value is -3.20. The number of amides is 1. The third-order valence-corrected chi connectivity index (χ3v) is 5.05. The van der Waals surface area contributed by atoms with Gasteiger partial charge >= 0.3 is 5.97 Å². The van der Waals surface area contributed by atoms with Gasteiger partial charge in [-0.1, -0.05) is 12.1 Å². The number of ketones is 1. The molecular weight excluding hydrogens is 396 g/mol. The summed E-state index contributed by atoms with van der Waals surface area (Å²) in [5.41, 5.74) is 1.29. The van der Waals surface area contributed by atoms with Gasteiger partial charge in [0, 0.05) is 11.3 Å². The predicted molar refractivity (Wildman–Crippen MR) is 110 cm³/mol. The van der Waals surface area contributed by atoms with Crippen LogP contribution < -0.4 is 9.62 Å². The minimum Gasteiger partial charge on any atom is -0.462 e. The maximum atomic E-state index is 12.4. The number of carbonyl (C=O) groups excluding carboxylic acids is 3. The van der Waals surface area contributed by atoms with Crippen LogP contribution in [0.4, 0.5) is 11.4 Å². The molecule has 0 spiro atoms. The Morgan fingerprint density at radius 1 is 1.03 bits per heavy atom. The molecule has 154 valence electrons. The Bertz CT molecular complexity index is 1020. The van der Waals surface area contributed by atoms with Crippen molar-refractivity contribution >= 4 is 39.1 Å². The predicted octanol–water partition coefficient (Wildman–Crippen LogP) is 2.47. The molecule has 2 aromatic carbocycles. The van der Waals surface area contributed by atoms with Crippen molar-refractivity contribution in [3.8, 4) is 0 Å². The second-order valence-corrected chi connectivity index (χ2v) is 8.13. The maximum absolute atomic E-state index is 12.4. The van der Waals surface area contributed by atoms with E-state index in [1.54, 1.807) is 19.1 Å². The maximum Gasteiger partial charge on any atom is 0.338 e. The molecule has 0 aliphatic heterocycles. The lowest BCUT2D eigenvalue weighted by atomic mass is 10.1. The summed E-state index contributed by atoms with van der Waals surface area (Å²) >= 11 is 0. The minimum atomic E-state index is -3.77. The zero-order chi connectivity index (χ0) is 21.6. The van der Waals surface area contributed by atoms with Crippen LogP contribution in [0.2, 0.25) is 0 Å². The molecule has 0 bridgehead atoms. The molecule has 2 rings (SSSR count). The number of nitrogens with one attached hydrogen (secondary N) is 1. The molecule has 0 radical (unpaired) electrons. The molecule has 0 heterocycles. The van der Waals surface area contributed by atoms with Gasteiger partial charge in [-0.05, 0) is 50.2 Å². The Morgan fingerprint density at radius 3 is 2.24 bits per heavy atom. The van der Waals surface area contributed by atoms with E-state index in [4.69, 9.17) is 4.74 Å². The van der Waals surface area contributed by atoms with Gasteiger partial charge in [0.25, 0.3) is 0 Å². The summed E-state index contributed by atoms with van der Waals surface area (Å²) in [6.07, 6.45) is 0.981. The molecule has 0 aliphatic rings. The fourth-order valence-corrected chi connectivity index (χ4v) is 3.36. The first-order valence-corrected chi connectivity index (χ1v) is 10.6. The summed E-state index contributed by atoms with van der Waals surface area (Å²) in [7, 11) is -3.77. The third kappa shape index (κ3) is 6.15. The number of ether oxygens (including phenoxy) is 1. The lowest BCUT2D eigenvalue weighted by Gasteiger charge is -2.22. The number of benzene rings is 2. The highest BCUT2D eigenvalue weighted by Crippen LogP contribution is 2.20. The average Bonchev–Trinajstić information content (AvgIpc) is 2.66. The zero-order valence-electron chi connectivity index (χ0n) is 16.3. The highest BCUT2D eigenvalue weighted by molar-refractivity contribution is 7.92. The number of anilines is 2. The van der Waals surface area contributed by atoms with Crippen molar-refractivity contribution in [1.82, 2.24) is 0 Å². The standard InChI is InChI=1S/C20H22N2O6S/c1-4-28-20(25)15-8-10-17(11-9-15)21-19(24)13-22(29(3,26)27)18-7-5-6-16(12-18)14(2)23/h5-12H,4,13H2,1-3H3,(H,21,24). The molecule has 29 heavy (non-hydrogen) atoms. The van der Waals surface area contributed by atoms with Crippen LogP contribution in [0.15, 0.2) is 48.5 Å². The van der Waals surface area contributed by atoms with Crippen LogP contribution in [-0.2, 0) is 19.6 Å². The van der Waals surface area contributed by atoms with E-state index in [-0.39, 0.29) is 18.1 Å². The first-order valence-electron chi connectivity index (χ1n) is 8.77. The fourth-order valence-electron chi connectivity index (χ4n) is 2.52. The van der Waals surface area contributed by atoms with E-state index >= 15 is 0 Å². The quantitative estimate of drug-likeness (QED) is 0.521. The van der Waals surface area contributed by atoms with Gasteiger partial charge in [-0.3, -0.25) is 13.9 Å². The number of carbonyl (C=O) groups is 3. The van der Waals surface area contributed by atoms with Gasteiger partial charge in [0.1, 0.15) is 6.54 Å². The summed E-state index contributed by atoms with van der Waals surface area (Å²) in [6, 6.07) is 12.1. The summed E-state index contributed by atoms with van der Waals surface area (Å²) in [6.45, 7) is 2.85. The SMILES string of the molecule is CCOC(=O)c1ccc(NC(=O)CN(c2cccc(C(C)=O)c2)S(C)(=O)=O)cc1. The van der Waals surface area contributed by atoms with Crippen molar-refractivity contribution in [2.75, 3.05) is 29.0 Å². The Kier molecular flexibility index (Phi) is 7.11. The van der Waals surface area contributed by atoms with Crippen LogP contribution >= 0.6 is 0 Å². The number of rotatable bonds is 8. The topological polar surface area (TPSA) is 110 Å². The van der Waals surface area contributed by atoms with E-state index in [9.17, 15) is 22.8 Å². The average molecular weight is 418 g/mol. The summed E-state index contributed by atoms with van der Waals surface area (Å²) in [5.74, 6) is -1.27. The molecule has 0 aliphatic carbocycles. The molecule has 9 heteroatoms. The van der Waals surface area contributed by atoms with Gasteiger partial charge in [-0.15, -0.1) is 0 Å². The van der Waals surface area contributed by atoms with E-state index in [0.717, 1.165) is 10.6 Å². The van der Waals surface area contributed by atoms with Crippen LogP contribution in [0.5, 0.6) is 0 Å². The summed E-state index contributed by atoms with van der Waals surface area (Å²) in [4.78, 5) is 35.6. The molecule has 0 fully saturated rings. The smallest absolute Gasteiger partial charge is 0.338 e. The van der Waals surface area contributed by atoms with Crippen LogP contribution in [0.3, 0.4) is 0 Å². The molecule has 2 aromatic rings. The van der Waals surface area contributed by atoms with Crippen molar-refractivity contribution in [3.63, 3.8) is 0 Å². The van der Waals surface area contributed by atoms with Crippen LogP contribution in [0.1, 0.15) is 34.6 Å². The number of sulfonamides is 1. The van der Waals surface area contributed by atoms with Crippen molar-refractivity contribution in [3.05, 3.63) is 59.7 Å². The normalized spacial score (nSPS) is 10.9. The van der Waals surface area contributed by atoms with Crippen molar-refractivity contribution in [2.45, 2.75) is 13.8 Å². The number of nitrogens with zero attached hydrogens (tertiary/aromatic N) is 1. The Morgan fingerprint density at radius 2 is 1.69 bits per heavy atom. The second-order valence-electron chi connectivity index (χ2n) is 6.22. The van der Waals surface area contributed by atoms with E-state index in [0.29, 0.717) is 16.8 Å². The monoisotopic (exact) mass is 418 g/mol. The number of hydrogen-bond donors (Lipinski definition) is 1. The van der Waals surface area contributed by atoms with Crippen LogP contribution in [-0.4, -0.2) is 45.5 Å². The molecule has 0 aromatic heterocycles. The molecular formula is C20H22N2O6S. The number of esters is 1. The molecule has 1 N–H and O–H groups in total. The molecule has 0 saturated heterocycles. The molecule has 0 unspecified atom stereocenters. The first kappa shape index (κ1) is 22.1. The van der Waals surface area contributed by atoms with Crippen LogP contribution in [0.25, 0.3) is 0 Å². The van der Waals surface area contributed by atoms with E-state index in [2.05, 4.69) is 5.32 Å². The van der Waals surface area contributed by atoms with Gasteiger partial charge in [-0.2, -0.15) is 0 Å². The summed E-state index contributed by atoms with van der Waals surface area (Å²) in [5, 5.41) is 2.59. The Labute approximate surface area is 169 Å². The second kappa shape index (κ2) is 9.33. The zero-order valence-corrected chi connectivity index (χ0v) is 17.2.